The van der Waals surface area contributed by atoms with Crippen LogP contribution in [-0.2, 0) is 0 Å². The van der Waals surface area contributed by atoms with Crippen molar-refractivity contribution in [3.05, 3.63) is 46.5 Å². The molecule has 0 atom stereocenters. The van der Waals surface area contributed by atoms with Gasteiger partial charge >= 0.3 is 0 Å². The zero-order chi connectivity index (χ0) is 12.8. The first-order valence-corrected chi connectivity index (χ1v) is 5.32. The number of nitrogens with one attached hydrogen (secondary N) is 2. The van der Waals surface area contributed by atoms with Gasteiger partial charge in [0, 0.05) is 12.6 Å². The average Bonchev–Trinajstić information content (AvgIpc) is 2.28. The molecule has 1 aromatic rings. The summed E-state index contributed by atoms with van der Waals surface area (Å²) in [5, 5.41) is 11.4. The topological polar surface area (TPSA) is 61.4 Å². The quantitative estimate of drug-likeness (QED) is 0.430. The lowest BCUT2D eigenvalue weighted by atomic mass is 10.1. The van der Waals surface area contributed by atoms with E-state index >= 15 is 0 Å². The lowest BCUT2D eigenvalue weighted by Crippen LogP contribution is -2.24. The smallest absolute Gasteiger partial charge is 0.193 e. The van der Waals surface area contributed by atoms with E-state index in [1.807, 2.05) is 0 Å². The van der Waals surface area contributed by atoms with E-state index in [0.717, 1.165) is 12.1 Å². The van der Waals surface area contributed by atoms with Gasteiger partial charge in [-0.15, -0.1) is 0 Å². The molecule has 0 saturated carbocycles. The highest BCUT2D eigenvalue weighted by Crippen LogP contribution is 2.19. The van der Waals surface area contributed by atoms with Gasteiger partial charge < -0.3 is 5.32 Å². The Morgan fingerprint density at radius 3 is 2.82 bits per heavy atom. The molecule has 1 rings (SSSR count). The molecule has 3 N–H and O–H groups in total. The van der Waals surface area contributed by atoms with Crippen LogP contribution in [0.5, 0.6) is 0 Å². The molecule has 1 aromatic carbocycles. The SMILES string of the molecule is CCN/C(=C/C(=O)c1c(F)cccc1Cl)NO. The molecule has 0 amide bonds. The van der Waals surface area contributed by atoms with Gasteiger partial charge in [0.15, 0.2) is 5.78 Å². The van der Waals surface area contributed by atoms with Crippen molar-refractivity contribution >= 4 is 17.4 Å². The number of carbonyl (C=O) groups excluding carboxylic acids is 1. The van der Waals surface area contributed by atoms with E-state index in [9.17, 15) is 9.18 Å². The zero-order valence-electron chi connectivity index (χ0n) is 9.13. The van der Waals surface area contributed by atoms with Crippen molar-refractivity contribution < 1.29 is 14.4 Å². The highest BCUT2D eigenvalue weighted by molar-refractivity contribution is 6.34. The van der Waals surface area contributed by atoms with Crippen LogP contribution in [0.2, 0.25) is 5.02 Å². The van der Waals surface area contributed by atoms with E-state index in [0.29, 0.717) is 6.54 Å². The number of benzene rings is 1. The van der Waals surface area contributed by atoms with Crippen molar-refractivity contribution in [1.29, 1.82) is 0 Å². The Labute approximate surface area is 103 Å². The molecular weight excluding hydrogens is 247 g/mol. The molecular formula is C11H12ClFN2O2. The van der Waals surface area contributed by atoms with Crippen molar-refractivity contribution in [1.82, 2.24) is 10.8 Å². The van der Waals surface area contributed by atoms with Crippen LogP contribution in [0.3, 0.4) is 0 Å². The molecule has 0 aliphatic rings. The van der Waals surface area contributed by atoms with Crippen LogP contribution < -0.4 is 10.8 Å². The molecule has 0 radical (unpaired) electrons. The second-order valence-electron chi connectivity index (χ2n) is 3.16. The van der Waals surface area contributed by atoms with Crippen molar-refractivity contribution in [3.8, 4) is 0 Å². The molecule has 0 unspecified atom stereocenters. The number of carbonyl (C=O) groups is 1. The number of ketones is 1. The number of hydrogen-bond acceptors (Lipinski definition) is 4. The third kappa shape index (κ3) is 3.44. The molecule has 17 heavy (non-hydrogen) atoms. The van der Waals surface area contributed by atoms with Gasteiger partial charge in [-0.05, 0) is 19.1 Å². The Hall–Kier alpha value is -1.59. The minimum Gasteiger partial charge on any atom is -0.370 e. The molecule has 0 bridgehead atoms. The molecule has 92 valence electrons. The number of hydroxylamine groups is 1. The van der Waals surface area contributed by atoms with Gasteiger partial charge in [-0.3, -0.25) is 15.5 Å². The van der Waals surface area contributed by atoms with Crippen LogP contribution in [-0.4, -0.2) is 17.5 Å². The number of halogens is 2. The summed E-state index contributed by atoms with van der Waals surface area (Å²) < 4.78 is 13.4. The van der Waals surface area contributed by atoms with E-state index in [-0.39, 0.29) is 16.4 Å². The molecule has 0 aliphatic carbocycles. The molecule has 6 heteroatoms. The van der Waals surface area contributed by atoms with Crippen molar-refractivity contribution in [2.24, 2.45) is 0 Å². The number of allylic oxidation sites excluding steroid dienone is 1. The van der Waals surface area contributed by atoms with E-state index < -0.39 is 11.6 Å². The number of rotatable bonds is 5. The van der Waals surface area contributed by atoms with Gasteiger partial charge in [-0.1, -0.05) is 17.7 Å². The van der Waals surface area contributed by atoms with Crippen molar-refractivity contribution in [3.63, 3.8) is 0 Å². The minimum atomic E-state index is -0.701. The first kappa shape index (κ1) is 13.5. The summed E-state index contributed by atoms with van der Waals surface area (Å²) >= 11 is 5.73. The molecule has 0 aromatic heterocycles. The van der Waals surface area contributed by atoms with Crippen LogP contribution in [0.1, 0.15) is 17.3 Å². The first-order chi connectivity index (χ1) is 8.10. The van der Waals surface area contributed by atoms with Gasteiger partial charge in [0.1, 0.15) is 11.6 Å². The zero-order valence-corrected chi connectivity index (χ0v) is 9.88. The molecule has 4 nitrogen and oxygen atoms in total. The maximum Gasteiger partial charge on any atom is 0.193 e. The highest BCUT2D eigenvalue weighted by atomic mass is 35.5. The standard InChI is InChI=1S/C11H12ClFN2O2/c1-2-14-10(15-17)6-9(16)11-7(12)4-3-5-8(11)13/h3-6,14-15,17H,2H2,1H3/b10-6-. The second-order valence-corrected chi connectivity index (χ2v) is 3.57. The molecule has 0 spiro atoms. The van der Waals surface area contributed by atoms with Crippen LogP contribution in [0.25, 0.3) is 0 Å². The summed E-state index contributed by atoms with van der Waals surface area (Å²) in [6.07, 6.45) is 1.04. The van der Waals surface area contributed by atoms with Gasteiger partial charge in [-0.25, -0.2) is 4.39 Å². The Morgan fingerprint density at radius 2 is 2.29 bits per heavy atom. The second kappa shape index (κ2) is 6.22. The Balaban J connectivity index is 3.04. The van der Waals surface area contributed by atoms with Gasteiger partial charge in [0.2, 0.25) is 0 Å². The summed E-state index contributed by atoms with van der Waals surface area (Å²) in [7, 11) is 0. The molecule has 0 saturated heterocycles. The average molecular weight is 259 g/mol. The third-order valence-electron chi connectivity index (χ3n) is 1.97. The molecule has 0 aliphatic heterocycles. The Kier molecular flexibility index (Phi) is 4.93. The fourth-order valence-corrected chi connectivity index (χ4v) is 1.51. The molecule has 0 fully saturated rings. The van der Waals surface area contributed by atoms with E-state index in [1.54, 1.807) is 12.4 Å². The summed E-state index contributed by atoms with van der Waals surface area (Å²) in [6.45, 7) is 2.28. The fraction of sp³-hybridized carbons (Fsp3) is 0.182. The monoisotopic (exact) mass is 258 g/mol. The normalized spacial score (nSPS) is 11.2. The first-order valence-electron chi connectivity index (χ1n) is 4.94. The third-order valence-corrected chi connectivity index (χ3v) is 2.29. The van der Waals surface area contributed by atoms with Crippen molar-refractivity contribution in [2.45, 2.75) is 6.92 Å². The van der Waals surface area contributed by atoms with Gasteiger partial charge in [-0.2, -0.15) is 0 Å². The number of hydrogen-bond donors (Lipinski definition) is 3. The van der Waals surface area contributed by atoms with E-state index in [1.165, 1.54) is 12.1 Å². The van der Waals surface area contributed by atoms with Gasteiger partial charge in [0.05, 0.1) is 10.6 Å². The lowest BCUT2D eigenvalue weighted by molar-refractivity contribution is 0.103. The summed E-state index contributed by atoms with van der Waals surface area (Å²) in [5.41, 5.74) is 1.58. The van der Waals surface area contributed by atoms with Crippen LogP contribution in [0.4, 0.5) is 4.39 Å². The summed E-state index contributed by atoms with van der Waals surface area (Å²) in [6, 6.07) is 3.98. The maximum atomic E-state index is 13.4. The minimum absolute atomic E-state index is 0.0278. The predicted octanol–water partition coefficient (Wildman–Crippen LogP) is 2.09. The Morgan fingerprint density at radius 1 is 1.59 bits per heavy atom. The largest absolute Gasteiger partial charge is 0.370 e. The van der Waals surface area contributed by atoms with Crippen LogP contribution >= 0.6 is 11.6 Å². The Bertz CT molecular complexity index is 429. The predicted molar refractivity (Wildman–Crippen MR) is 62.4 cm³/mol. The van der Waals surface area contributed by atoms with Gasteiger partial charge in [0.25, 0.3) is 0 Å². The summed E-state index contributed by atoms with van der Waals surface area (Å²) in [4.78, 5) is 11.7. The maximum absolute atomic E-state index is 13.4. The molecule has 0 heterocycles. The van der Waals surface area contributed by atoms with Crippen molar-refractivity contribution in [2.75, 3.05) is 6.54 Å². The summed E-state index contributed by atoms with van der Waals surface area (Å²) in [5.74, 6) is -1.25. The van der Waals surface area contributed by atoms with E-state index in [2.05, 4.69) is 5.32 Å². The van der Waals surface area contributed by atoms with E-state index in [4.69, 9.17) is 16.8 Å². The highest BCUT2D eigenvalue weighted by Gasteiger charge is 2.14. The van der Waals surface area contributed by atoms with Crippen LogP contribution in [0.15, 0.2) is 30.1 Å². The fourth-order valence-electron chi connectivity index (χ4n) is 1.25. The van der Waals surface area contributed by atoms with Crippen LogP contribution in [0, 0.1) is 5.82 Å². The lowest BCUT2D eigenvalue weighted by Gasteiger charge is -2.07.